The molecule has 0 aliphatic heterocycles. The lowest BCUT2D eigenvalue weighted by atomic mass is 10.3. The van der Waals surface area contributed by atoms with Gasteiger partial charge in [-0.1, -0.05) is 41.9 Å². The second-order valence-corrected chi connectivity index (χ2v) is 6.51. The Morgan fingerprint density at radius 2 is 1.45 bits per heavy atom. The van der Waals surface area contributed by atoms with Gasteiger partial charge in [-0.15, -0.1) is 0 Å². The first kappa shape index (κ1) is 20.2. The first-order valence-corrected chi connectivity index (χ1v) is 9.40. The van der Waals surface area contributed by atoms with E-state index in [-0.39, 0.29) is 24.9 Å². The average molecular weight is 410 g/mol. The fraction of sp³-hybridized carbons (Fsp3) is 0.0909. The third kappa shape index (κ3) is 6.55. The number of carbonyl (C=O) groups excluding carboxylic acids is 2. The predicted octanol–water partition coefficient (Wildman–Crippen LogP) is 5.28. The van der Waals surface area contributed by atoms with E-state index in [1.807, 2.05) is 30.3 Å². The van der Waals surface area contributed by atoms with Crippen molar-refractivity contribution in [2.75, 3.05) is 17.2 Å². The number of ether oxygens (including phenoxy) is 1. The van der Waals surface area contributed by atoms with Gasteiger partial charge in [-0.3, -0.25) is 4.79 Å². The molecule has 7 heteroatoms. The Kier molecular flexibility index (Phi) is 7.08. The molecule has 3 aromatic rings. The van der Waals surface area contributed by atoms with Crippen molar-refractivity contribution in [2.45, 2.75) is 6.42 Å². The van der Waals surface area contributed by atoms with E-state index in [9.17, 15) is 9.59 Å². The SMILES string of the molecule is O=C(CCNC(=O)Nc1ccccc1)Nc1ccc(Oc2ccccc2Cl)cc1. The van der Waals surface area contributed by atoms with Crippen LogP contribution >= 0.6 is 11.6 Å². The van der Waals surface area contributed by atoms with Gasteiger partial charge >= 0.3 is 6.03 Å². The zero-order chi connectivity index (χ0) is 20.5. The second kappa shape index (κ2) is 10.1. The third-order valence-electron chi connectivity index (χ3n) is 3.87. The van der Waals surface area contributed by atoms with E-state index in [2.05, 4.69) is 16.0 Å². The fourth-order valence-electron chi connectivity index (χ4n) is 2.47. The largest absolute Gasteiger partial charge is 0.456 e. The van der Waals surface area contributed by atoms with Gasteiger partial charge in [-0.25, -0.2) is 4.79 Å². The van der Waals surface area contributed by atoms with E-state index in [1.54, 1.807) is 48.5 Å². The van der Waals surface area contributed by atoms with Crippen LogP contribution in [0.4, 0.5) is 16.2 Å². The highest BCUT2D eigenvalue weighted by Crippen LogP contribution is 2.29. The van der Waals surface area contributed by atoms with Gasteiger partial charge < -0.3 is 20.7 Å². The Bertz CT molecular complexity index is 963. The van der Waals surface area contributed by atoms with Crippen LogP contribution in [0.2, 0.25) is 5.02 Å². The van der Waals surface area contributed by atoms with Crippen molar-refractivity contribution in [1.82, 2.24) is 5.32 Å². The summed E-state index contributed by atoms with van der Waals surface area (Å²) < 4.78 is 5.71. The molecule has 3 amide bonds. The minimum Gasteiger partial charge on any atom is -0.456 e. The molecule has 0 saturated heterocycles. The van der Waals surface area contributed by atoms with Crippen molar-refractivity contribution < 1.29 is 14.3 Å². The second-order valence-electron chi connectivity index (χ2n) is 6.10. The minimum absolute atomic E-state index is 0.153. The summed E-state index contributed by atoms with van der Waals surface area (Å²) in [6.45, 7) is 0.220. The summed E-state index contributed by atoms with van der Waals surface area (Å²) in [5.74, 6) is 0.964. The molecule has 0 aliphatic rings. The third-order valence-corrected chi connectivity index (χ3v) is 4.18. The first-order valence-electron chi connectivity index (χ1n) is 9.02. The van der Waals surface area contributed by atoms with E-state index in [0.29, 0.717) is 27.9 Å². The standard InChI is InChI=1S/C22H20ClN3O3/c23-19-8-4-5-9-20(19)29-18-12-10-17(11-13-18)25-21(27)14-15-24-22(28)26-16-6-2-1-3-7-16/h1-13H,14-15H2,(H,25,27)(H2,24,26,28). The van der Waals surface area contributed by atoms with Crippen LogP contribution in [-0.4, -0.2) is 18.5 Å². The number of rotatable bonds is 7. The number of halogens is 1. The number of hydrogen-bond donors (Lipinski definition) is 3. The summed E-state index contributed by atoms with van der Waals surface area (Å²) in [5.41, 5.74) is 1.32. The molecule has 148 valence electrons. The molecule has 0 aliphatic carbocycles. The number of carbonyl (C=O) groups is 2. The van der Waals surface area contributed by atoms with Gasteiger partial charge in [0.15, 0.2) is 0 Å². The molecule has 0 bridgehead atoms. The topological polar surface area (TPSA) is 79.5 Å². The predicted molar refractivity (Wildman–Crippen MR) is 115 cm³/mol. The Hall–Kier alpha value is -3.51. The number of anilines is 2. The fourth-order valence-corrected chi connectivity index (χ4v) is 2.64. The van der Waals surface area contributed by atoms with E-state index in [4.69, 9.17) is 16.3 Å². The van der Waals surface area contributed by atoms with Crippen LogP contribution in [0.15, 0.2) is 78.9 Å². The van der Waals surface area contributed by atoms with E-state index in [0.717, 1.165) is 0 Å². The van der Waals surface area contributed by atoms with Crippen LogP contribution in [0.25, 0.3) is 0 Å². The lowest BCUT2D eigenvalue weighted by Crippen LogP contribution is -2.31. The summed E-state index contributed by atoms with van der Waals surface area (Å²) in [4.78, 5) is 23.8. The first-order chi connectivity index (χ1) is 14.1. The molecule has 0 saturated carbocycles. The quantitative estimate of drug-likeness (QED) is 0.496. The van der Waals surface area contributed by atoms with E-state index in [1.165, 1.54) is 0 Å². The van der Waals surface area contributed by atoms with Crippen LogP contribution in [-0.2, 0) is 4.79 Å². The highest BCUT2D eigenvalue weighted by molar-refractivity contribution is 6.32. The number of nitrogens with one attached hydrogen (secondary N) is 3. The van der Waals surface area contributed by atoms with Crippen molar-refractivity contribution in [3.63, 3.8) is 0 Å². The average Bonchev–Trinajstić information content (AvgIpc) is 2.72. The number of para-hydroxylation sites is 2. The molecule has 0 radical (unpaired) electrons. The van der Waals surface area contributed by atoms with Crippen molar-refractivity contribution in [3.8, 4) is 11.5 Å². The number of amides is 3. The van der Waals surface area contributed by atoms with Crippen LogP contribution < -0.4 is 20.7 Å². The summed E-state index contributed by atoms with van der Waals surface area (Å²) in [5, 5.41) is 8.63. The van der Waals surface area contributed by atoms with Gasteiger partial charge in [0.1, 0.15) is 11.5 Å². The molecule has 0 atom stereocenters. The molecular formula is C22H20ClN3O3. The molecule has 6 nitrogen and oxygen atoms in total. The van der Waals surface area contributed by atoms with Crippen LogP contribution in [0.3, 0.4) is 0 Å². The van der Waals surface area contributed by atoms with Crippen LogP contribution in [0.5, 0.6) is 11.5 Å². The Morgan fingerprint density at radius 1 is 0.793 bits per heavy atom. The Balaban J connectivity index is 1.41. The van der Waals surface area contributed by atoms with Gasteiger partial charge in [0.25, 0.3) is 0 Å². The van der Waals surface area contributed by atoms with Gasteiger partial charge in [0.2, 0.25) is 5.91 Å². The molecule has 0 fully saturated rings. The number of hydrogen-bond acceptors (Lipinski definition) is 3. The van der Waals surface area contributed by atoms with E-state index < -0.39 is 0 Å². The van der Waals surface area contributed by atoms with Gasteiger partial charge in [0.05, 0.1) is 5.02 Å². The lowest BCUT2D eigenvalue weighted by Gasteiger charge is -2.10. The summed E-state index contributed by atoms with van der Waals surface area (Å²) in [7, 11) is 0. The highest BCUT2D eigenvalue weighted by Gasteiger charge is 2.06. The van der Waals surface area contributed by atoms with Crippen molar-refractivity contribution in [3.05, 3.63) is 83.9 Å². The maximum atomic E-state index is 12.0. The molecule has 3 aromatic carbocycles. The number of benzene rings is 3. The molecule has 0 spiro atoms. The molecule has 0 heterocycles. The summed E-state index contributed by atoms with van der Waals surface area (Å²) in [6, 6.07) is 22.9. The van der Waals surface area contributed by atoms with Gasteiger partial charge in [-0.05, 0) is 48.5 Å². The molecular weight excluding hydrogens is 390 g/mol. The zero-order valence-electron chi connectivity index (χ0n) is 15.5. The molecule has 0 aromatic heterocycles. The monoisotopic (exact) mass is 409 g/mol. The summed E-state index contributed by atoms with van der Waals surface area (Å²) >= 11 is 6.07. The molecule has 29 heavy (non-hydrogen) atoms. The molecule has 3 N–H and O–H groups in total. The summed E-state index contributed by atoms with van der Waals surface area (Å²) in [6.07, 6.45) is 0.153. The van der Waals surface area contributed by atoms with Crippen LogP contribution in [0.1, 0.15) is 6.42 Å². The van der Waals surface area contributed by atoms with E-state index >= 15 is 0 Å². The van der Waals surface area contributed by atoms with Gasteiger partial charge in [0, 0.05) is 24.3 Å². The highest BCUT2D eigenvalue weighted by atomic mass is 35.5. The van der Waals surface area contributed by atoms with Crippen LogP contribution in [0, 0.1) is 0 Å². The van der Waals surface area contributed by atoms with Crippen molar-refractivity contribution in [1.29, 1.82) is 0 Å². The maximum absolute atomic E-state index is 12.0. The number of urea groups is 1. The Morgan fingerprint density at radius 3 is 2.17 bits per heavy atom. The van der Waals surface area contributed by atoms with Gasteiger partial charge in [-0.2, -0.15) is 0 Å². The minimum atomic E-state index is -0.356. The van der Waals surface area contributed by atoms with Crippen molar-refractivity contribution in [2.24, 2.45) is 0 Å². The lowest BCUT2D eigenvalue weighted by molar-refractivity contribution is -0.116. The Labute approximate surface area is 173 Å². The van der Waals surface area contributed by atoms with Crippen molar-refractivity contribution >= 4 is 34.9 Å². The molecule has 3 rings (SSSR count). The molecule has 0 unspecified atom stereocenters. The smallest absolute Gasteiger partial charge is 0.319 e. The normalized spacial score (nSPS) is 10.1. The zero-order valence-corrected chi connectivity index (χ0v) is 16.3. The maximum Gasteiger partial charge on any atom is 0.319 e.